The summed E-state index contributed by atoms with van der Waals surface area (Å²) in [5.74, 6) is -0.185. The minimum absolute atomic E-state index is 0.145. The molecule has 0 radical (unpaired) electrons. The Labute approximate surface area is 134 Å². The van der Waals surface area contributed by atoms with Gasteiger partial charge in [0.15, 0.2) is 6.61 Å². The SMILES string of the molecule is O=C(COc1ccccc1I)Nc1ccc(F)cc1Cl. The number of halogens is 3. The summed E-state index contributed by atoms with van der Waals surface area (Å²) < 4.78 is 19.2. The normalized spacial score (nSPS) is 10.2. The molecule has 0 aliphatic carbocycles. The molecule has 2 aromatic carbocycles. The summed E-state index contributed by atoms with van der Waals surface area (Å²) in [5.41, 5.74) is 0.351. The quantitative estimate of drug-likeness (QED) is 0.778. The molecule has 0 atom stereocenters. The Bertz CT molecular complexity index is 636. The number of amides is 1. The van der Waals surface area contributed by atoms with Gasteiger partial charge in [-0.3, -0.25) is 4.79 Å². The van der Waals surface area contributed by atoms with Gasteiger partial charge < -0.3 is 10.1 Å². The molecular weight excluding hydrogens is 396 g/mol. The zero-order chi connectivity index (χ0) is 14.5. The fourth-order valence-corrected chi connectivity index (χ4v) is 2.24. The van der Waals surface area contributed by atoms with E-state index in [9.17, 15) is 9.18 Å². The third kappa shape index (κ3) is 4.08. The Morgan fingerprint density at radius 1 is 1.30 bits per heavy atom. The van der Waals surface area contributed by atoms with Gasteiger partial charge in [0.1, 0.15) is 11.6 Å². The average Bonchev–Trinajstić information content (AvgIpc) is 2.41. The van der Waals surface area contributed by atoms with Crippen molar-refractivity contribution in [1.29, 1.82) is 0 Å². The summed E-state index contributed by atoms with van der Waals surface area (Å²) in [7, 11) is 0. The standard InChI is InChI=1S/C14H10ClFINO2/c15-10-7-9(16)5-6-12(10)18-14(19)8-20-13-4-2-1-3-11(13)17/h1-7H,8H2,(H,18,19). The van der Waals surface area contributed by atoms with Crippen LogP contribution in [-0.2, 0) is 4.79 Å². The van der Waals surface area contributed by atoms with Crippen LogP contribution in [0.1, 0.15) is 0 Å². The van der Waals surface area contributed by atoms with Crippen LogP contribution in [0.2, 0.25) is 5.02 Å². The lowest BCUT2D eigenvalue weighted by atomic mass is 10.3. The lowest BCUT2D eigenvalue weighted by Crippen LogP contribution is -2.20. The molecule has 3 nitrogen and oxygen atoms in total. The number of ether oxygens (including phenoxy) is 1. The Morgan fingerprint density at radius 3 is 2.75 bits per heavy atom. The molecular formula is C14H10ClFINO2. The molecule has 0 aliphatic heterocycles. The first-order valence-corrected chi connectivity index (χ1v) is 7.14. The second kappa shape index (κ2) is 6.90. The number of para-hydroxylation sites is 1. The van der Waals surface area contributed by atoms with E-state index in [0.29, 0.717) is 11.4 Å². The second-order valence-corrected chi connectivity index (χ2v) is 5.46. The molecule has 0 spiro atoms. The van der Waals surface area contributed by atoms with Crippen LogP contribution in [0.4, 0.5) is 10.1 Å². The molecule has 0 bridgehead atoms. The van der Waals surface area contributed by atoms with Crippen molar-refractivity contribution in [3.8, 4) is 5.75 Å². The van der Waals surface area contributed by atoms with Crippen LogP contribution >= 0.6 is 34.2 Å². The van der Waals surface area contributed by atoms with Crippen LogP contribution in [0.15, 0.2) is 42.5 Å². The van der Waals surface area contributed by atoms with Crippen molar-refractivity contribution in [1.82, 2.24) is 0 Å². The fourth-order valence-electron chi connectivity index (χ4n) is 1.48. The van der Waals surface area contributed by atoms with Crippen LogP contribution in [0.3, 0.4) is 0 Å². The zero-order valence-electron chi connectivity index (χ0n) is 10.2. The minimum atomic E-state index is -0.455. The van der Waals surface area contributed by atoms with Crippen LogP contribution in [-0.4, -0.2) is 12.5 Å². The summed E-state index contributed by atoms with van der Waals surface area (Å²) >= 11 is 7.94. The monoisotopic (exact) mass is 405 g/mol. The molecule has 0 aliphatic rings. The van der Waals surface area contributed by atoms with Gasteiger partial charge in [-0.25, -0.2) is 4.39 Å². The predicted molar refractivity (Wildman–Crippen MR) is 84.7 cm³/mol. The van der Waals surface area contributed by atoms with Crippen molar-refractivity contribution in [2.45, 2.75) is 0 Å². The lowest BCUT2D eigenvalue weighted by Gasteiger charge is -2.09. The summed E-state index contributed by atoms with van der Waals surface area (Å²) in [6.07, 6.45) is 0. The highest BCUT2D eigenvalue weighted by molar-refractivity contribution is 14.1. The third-order valence-corrected chi connectivity index (χ3v) is 3.60. The number of nitrogens with one attached hydrogen (secondary N) is 1. The van der Waals surface area contributed by atoms with E-state index in [1.807, 2.05) is 18.2 Å². The maximum atomic E-state index is 12.9. The van der Waals surface area contributed by atoms with Crippen LogP contribution in [0.5, 0.6) is 5.75 Å². The first-order valence-electron chi connectivity index (χ1n) is 5.68. The maximum Gasteiger partial charge on any atom is 0.262 e. The molecule has 1 N–H and O–H groups in total. The van der Waals surface area contributed by atoms with Gasteiger partial charge in [0, 0.05) is 0 Å². The van der Waals surface area contributed by atoms with Gasteiger partial charge in [-0.15, -0.1) is 0 Å². The first-order chi connectivity index (χ1) is 9.56. The Balaban J connectivity index is 1.94. The molecule has 2 rings (SSSR count). The van der Waals surface area contributed by atoms with E-state index in [2.05, 4.69) is 27.9 Å². The number of hydrogen-bond donors (Lipinski definition) is 1. The Kier molecular flexibility index (Phi) is 5.19. The van der Waals surface area contributed by atoms with Crippen molar-refractivity contribution in [3.05, 3.63) is 56.9 Å². The minimum Gasteiger partial charge on any atom is -0.483 e. The number of carbonyl (C=O) groups excluding carboxylic acids is 1. The summed E-state index contributed by atoms with van der Waals surface area (Å²) in [5, 5.41) is 2.71. The van der Waals surface area contributed by atoms with Gasteiger partial charge in [-0.05, 0) is 52.9 Å². The van der Waals surface area contributed by atoms with E-state index in [-0.39, 0.29) is 17.5 Å². The van der Waals surface area contributed by atoms with Gasteiger partial charge in [0.05, 0.1) is 14.3 Å². The summed E-state index contributed by atoms with van der Waals surface area (Å²) in [6, 6.07) is 11.1. The smallest absolute Gasteiger partial charge is 0.262 e. The van der Waals surface area contributed by atoms with Crippen molar-refractivity contribution in [2.75, 3.05) is 11.9 Å². The van der Waals surface area contributed by atoms with Crippen LogP contribution in [0.25, 0.3) is 0 Å². The Hall–Kier alpha value is -1.34. The molecule has 104 valence electrons. The van der Waals surface area contributed by atoms with E-state index < -0.39 is 5.82 Å². The molecule has 2 aromatic rings. The number of anilines is 1. The topological polar surface area (TPSA) is 38.3 Å². The second-order valence-electron chi connectivity index (χ2n) is 3.89. The first kappa shape index (κ1) is 15.1. The fraction of sp³-hybridized carbons (Fsp3) is 0.0714. The van der Waals surface area contributed by atoms with Gasteiger partial charge in [0.25, 0.3) is 5.91 Å². The predicted octanol–water partition coefficient (Wildman–Crippen LogP) is 4.10. The maximum absolute atomic E-state index is 12.9. The Morgan fingerprint density at radius 2 is 2.05 bits per heavy atom. The lowest BCUT2D eigenvalue weighted by molar-refractivity contribution is -0.118. The zero-order valence-corrected chi connectivity index (χ0v) is 13.1. The highest BCUT2D eigenvalue weighted by atomic mass is 127. The number of benzene rings is 2. The van der Waals surface area contributed by atoms with Gasteiger partial charge in [-0.1, -0.05) is 23.7 Å². The van der Waals surface area contributed by atoms with E-state index >= 15 is 0 Å². The molecule has 0 saturated carbocycles. The third-order valence-electron chi connectivity index (χ3n) is 2.40. The van der Waals surface area contributed by atoms with Crippen molar-refractivity contribution < 1.29 is 13.9 Å². The summed E-state index contributed by atoms with van der Waals surface area (Å²) in [4.78, 5) is 11.7. The van der Waals surface area contributed by atoms with E-state index in [1.54, 1.807) is 6.07 Å². The molecule has 6 heteroatoms. The van der Waals surface area contributed by atoms with Gasteiger partial charge >= 0.3 is 0 Å². The van der Waals surface area contributed by atoms with Crippen molar-refractivity contribution >= 4 is 45.8 Å². The number of carbonyl (C=O) groups is 1. The van der Waals surface area contributed by atoms with E-state index in [1.165, 1.54) is 12.1 Å². The molecule has 0 saturated heterocycles. The van der Waals surface area contributed by atoms with Crippen LogP contribution < -0.4 is 10.1 Å². The molecule has 0 fully saturated rings. The van der Waals surface area contributed by atoms with Crippen LogP contribution in [0, 0.1) is 9.39 Å². The molecule has 0 heterocycles. The molecule has 0 unspecified atom stereocenters. The number of hydrogen-bond acceptors (Lipinski definition) is 2. The summed E-state index contributed by atoms with van der Waals surface area (Å²) in [6.45, 7) is -0.145. The average molecular weight is 406 g/mol. The highest BCUT2D eigenvalue weighted by Gasteiger charge is 2.08. The molecule has 20 heavy (non-hydrogen) atoms. The largest absolute Gasteiger partial charge is 0.483 e. The number of rotatable bonds is 4. The van der Waals surface area contributed by atoms with E-state index in [0.717, 1.165) is 9.64 Å². The highest BCUT2D eigenvalue weighted by Crippen LogP contribution is 2.23. The molecule has 1 amide bonds. The van der Waals surface area contributed by atoms with Gasteiger partial charge in [0.2, 0.25) is 0 Å². The van der Waals surface area contributed by atoms with Crippen molar-refractivity contribution in [2.24, 2.45) is 0 Å². The molecule has 0 aromatic heterocycles. The van der Waals surface area contributed by atoms with E-state index in [4.69, 9.17) is 16.3 Å². The van der Waals surface area contributed by atoms with Crippen molar-refractivity contribution in [3.63, 3.8) is 0 Å². The van der Waals surface area contributed by atoms with Gasteiger partial charge in [-0.2, -0.15) is 0 Å².